The number of amides is 2. The Hall–Kier alpha value is -2.11. The molecule has 0 bridgehead atoms. The molecule has 6 heteroatoms. The third-order valence-corrected chi connectivity index (χ3v) is 3.28. The fourth-order valence-corrected chi connectivity index (χ4v) is 2.06. The molecule has 0 spiro atoms. The van der Waals surface area contributed by atoms with Crippen LogP contribution < -0.4 is 5.32 Å². The molecule has 1 aromatic heterocycles. The lowest BCUT2D eigenvalue weighted by Gasteiger charge is -2.22. The minimum absolute atomic E-state index is 0.0327. The largest absolute Gasteiger partial charge is 0.481 e. The predicted octanol–water partition coefficient (Wildman–Crippen LogP) is 2.17. The normalized spacial score (nSPS) is 13.9. The molecular formula is C14H19N3O3. The number of anilines is 1. The van der Waals surface area contributed by atoms with Crippen LogP contribution >= 0.6 is 0 Å². The number of carbonyl (C=O) groups excluding carboxylic acids is 1. The van der Waals surface area contributed by atoms with Crippen LogP contribution in [0.1, 0.15) is 30.7 Å². The third-order valence-electron chi connectivity index (χ3n) is 3.28. The van der Waals surface area contributed by atoms with Crippen LogP contribution in [0, 0.1) is 13.8 Å². The topological polar surface area (TPSA) is 82.5 Å². The maximum absolute atomic E-state index is 12.2. The van der Waals surface area contributed by atoms with Gasteiger partial charge in [-0.05, 0) is 38.8 Å². The van der Waals surface area contributed by atoms with Crippen molar-refractivity contribution in [1.82, 2.24) is 9.88 Å². The Balaban J connectivity index is 2.02. The van der Waals surface area contributed by atoms with Crippen molar-refractivity contribution in [3.63, 3.8) is 0 Å². The first-order valence-corrected chi connectivity index (χ1v) is 6.71. The Morgan fingerprint density at radius 1 is 1.40 bits per heavy atom. The molecule has 1 fully saturated rings. The van der Waals surface area contributed by atoms with E-state index < -0.39 is 5.97 Å². The van der Waals surface area contributed by atoms with Gasteiger partial charge < -0.3 is 15.3 Å². The van der Waals surface area contributed by atoms with Gasteiger partial charge >= 0.3 is 12.0 Å². The first-order valence-electron chi connectivity index (χ1n) is 6.71. The van der Waals surface area contributed by atoms with Crippen molar-refractivity contribution < 1.29 is 14.7 Å². The van der Waals surface area contributed by atoms with Gasteiger partial charge in [-0.3, -0.25) is 9.78 Å². The lowest BCUT2D eigenvalue weighted by Crippen LogP contribution is -2.38. The van der Waals surface area contributed by atoms with Crippen molar-refractivity contribution in [2.24, 2.45) is 0 Å². The number of rotatable bonds is 5. The van der Waals surface area contributed by atoms with Crippen molar-refractivity contribution >= 4 is 17.7 Å². The standard InChI is InChI=1S/C14H19N3O3/c1-9-3-6-12(10(2)15-9)16-14(20)17(11-4-5-11)8-7-13(18)19/h3,6,11H,4-5,7-8H2,1-2H3,(H,16,20)(H,18,19). The second-order valence-corrected chi connectivity index (χ2v) is 5.08. The molecule has 2 N–H and O–H groups in total. The molecular weight excluding hydrogens is 258 g/mol. The van der Waals surface area contributed by atoms with E-state index in [0.29, 0.717) is 5.69 Å². The number of carboxylic acids is 1. The zero-order valence-corrected chi connectivity index (χ0v) is 11.7. The summed E-state index contributed by atoms with van der Waals surface area (Å²) in [4.78, 5) is 28.8. The third kappa shape index (κ3) is 3.69. The van der Waals surface area contributed by atoms with Gasteiger partial charge in [0.1, 0.15) is 0 Å². The average Bonchev–Trinajstić information content (AvgIpc) is 3.17. The van der Waals surface area contributed by atoms with E-state index in [1.807, 2.05) is 26.0 Å². The van der Waals surface area contributed by atoms with Crippen LogP contribution in [-0.2, 0) is 4.79 Å². The second kappa shape index (κ2) is 5.90. The highest BCUT2D eigenvalue weighted by Gasteiger charge is 2.32. The van der Waals surface area contributed by atoms with Gasteiger partial charge in [-0.25, -0.2) is 4.79 Å². The number of aromatic nitrogens is 1. The van der Waals surface area contributed by atoms with E-state index in [0.717, 1.165) is 24.2 Å². The van der Waals surface area contributed by atoms with E-state index in [-0.39, 0.29) is 25.0 Å². The van der Waals surface area contributed by atoms with Crippen LogP contribution in [0.4, 0.5) is 10.5 Å². The van der Waals surface area contributed by atoms with Gasteiger partial charge in [-0.1, -0.05) is 0 Å². The first-order chi connectivity index (χ1) is 9.47. The number of aryl methyl sites for hydroxylation is 2. The number of aliphatic carboxylic acids is 1. The van der Waals surface area contributed by atoms with Crippen molar-refractivity contribution in [1.29, 1.82) is 0 Å². The molecule has 0 radical (unpaired) electrons. The second-order valence-electron chi connectivity index (χ2n) is 5.08. The van der Waals surface area contributed by atoms with Crippen LogP contribution in [0.2, 0.25) is 0 Å². The van der Waals surface area contributed by atoms with Crippen LogP contribution in [0.25, 0.3) is 0 Å². The van der Waals surface area contributed by atoms with Gasteiger partial charge in [-0.2, -0.15) is 0 Å². The minimum Gasteiger partial charge on any atom is -0.481 e. The number of nitrogens with zero attached hydrogens (tertiary/aromatic N) is 2. The van der Waals surface area contributed by atoms with Crippen molar-refractivity contribution in [2.75, 3.05) is 11.9 Å². The molecule has 2 rings (SSSR count). The van der Waals surface area contributed by atoms with Gasteiger partial charge in [0, 0.05) is 18.3 Å². The van der Waals surface area contributed by atoms with Crippen LogP contribution in [-0.4, -0.2) is 39.6 Å². The predicted molar refractivity (Wildman–Crippen MR) is 74.7 cm³/mol. The van der Waals surface area contributed by atoms with Crippen LogP contribution in [0.5, 0.6) is 0 Å². The molecule has 1 aliphatic rings. The number of carboxylic acid groups (broad SMARTS) is 1. The summed E-state index contributed by atoms with van der Waals surface area (Å²) < 4.78 is 0. The van der Waals surface area contributed by atoms with E-state index in [4.69, 9.17) is 5.11 Å². The van der Waals surface area contributed by atoms with Gasteiger partial charge in [0.2, 0.25) is 0 Å². The molecule has 1 aromatic rings. The average molecular weight is 277 g/mol. The number of nitrogens with one attached hydrogen (secondary N) is 1. The maximum atomic E-state index is 12.2. The Morgan fingerprint density at radius 2 is 2.10 bits per heavy atom. The van der Waals surface area contributed by atoms with Gasteiger partial charge in [0.15, 0.2) is 0 Å². The van der Waals surface area contributed by atoms with E-state index >= 15 is 0 Å². The lowest BCUT2D eigenvalue weighted by atomic mass is 10.3. The summed E-state index contributed by atoms with van der Waals surface area (Å²) in [6.45, 7) is 3.97. The van der Waals surface area contributed by atoms with Gasteiger partial charge in [0.05, 0.1) is 17.8 Å². The van der Waals surface area contributed by atoms with Crippen molar-refractivity contribution in [2.45, 2.75) is 39.2 Å². The summed E-state index contributed by atoms with van der Waals surface area (Å²) in [7, 11) is 0. The first kappa shape index (κ1) is 14.3. The fraction of sp³-hybridized carbons (Fsp3) is 0.500. The Labute approximate surface area is 117 Å². The molecule has 6 nitrogen and oxygen atoms in total. The van der Waals surface area contributed by atoms with Crippen LogP contribution in [0.15, 0.2) is 12.1 Å². The van der Waals surface area contributed by atoms with Crippen LogP contribution in [0.3, 0.4) is 0 Å². The summed E-state index contributed by atoms with van der Waals surface area (Å²) in [5, 5.41) is 11.6. The molecule has 0 aromatic carbocycles. The summed E-state index contributed by atoms with van der Waals surface area (Å²) in [6.07, 6.45) is 1.85. The highest BCUT2D eigenvalue weighted by molar-refractivity contribution is 5.90. The SMILES string of the molecule is Cc1ccc(NC(=O)N(CCC(=O)O)C2CC2)c(C)n1. The quantitative estimate of drug-likeness (QED) is 0.864. The van der Waals surface area contributed by atoms with Gasteiger partial charge in [-0.15, -0.1) is 0 Å². The van der Waals surface area contributed by atoms with Crippen molar-refractivity contribution in [3.8, 4) is 0 Å². The zero-order chi connectivity index (χ0) is 14.7. The summed E-state index contributed by atoms with van der Waals surface area (Å²) in [5.41, 5.74) is 2.32. The summed E-state index contributed by atoms with van der Waals surface area (Å²) in [6, 6.07) is 3.58. The molecule has 1 aliphatic carbocycles. The Bertz CT molecular complexity index is 526. The number of carbonyl (C=O) groups is 2. The number of urea groups is 1. The van der Waals surface area contributed by atoms with E-state index in [9.17, 15) is 9.59 Å². The summed E-state index contributed by atoms with van der Waals surface area (Å²) in [5.74, 6) is -0.892. The number of pyridine rings is 1. The maximum Gasteiger partial charge on any atom is 0.322 e. The molecule has 20 heavy (non-hydrogen) atoms. The Kier molecular flexibility index (Phi) is 4.22. The fourth-order valence-electron chi connectivity index (χ4n) is 2.06. The van der Waals surface area contributed by atoms with E-state index in [1.165, 1.54) is 0 Å². The number of hydrogen-bond donors (Lipinski definition) is 2. The highest BCUT2D eigenvalue weighted by atomic mass is 16.4. The Morgan fingerprint density at radius 3 is 2.65 bits per heavy atom. The molecule has 1 saturated carbocycles. The minimum atomic E-state index is -0.892. The van der Waals surface area contributed by atoms with Crippen molar-refractivity contribution in [3.05, 3.63) is 23.5 Å². The molecule has 2 amide bonds. The highest BCUT2D eigenvalue weighted by Crippen LogP contribution is 2.27. The monoisotopic (exact) mass is 277 g/mol. The lowest BCUT2D eigenvalue weighted by molar-refractivity contribution is -0.137. The number of hydrogen-bond acceptors (Lipinski definition) is 3. The molecule has 0 aliphatic heterocycles. The molecule has 0 saturated heterocycles. The molecule has 0 unspecified atom stereocenters. The molecule has 108 valence electrons. The molecule has 1 heterocycles. The zero-order valence-electron chi connectivity index (χ0n) is 11.7. The summed E-state index contributed by atoms with van der Waals surface area (Å²) >= 11 is 0. The van der Waals surface area contributed by atoms with Gasteiger partial charge in [0.25, 0.3) is 0 Å². The van der Waals surface area contributed by atoms with E-state index in [2.05, 4.69) is 10.3 Å². The van der Waals surface area contributed by atoms with E-state index in [1.54, 1.807) is 4.90 Å². The smallest absolute Gasteiger partial charge is 0.322 e. The molecule has 0 atom stereocenters.